The predicted octanol–water partition coefficient (Wildman–Crippen LogP) is 4.62. The summed E-state index contributed by atoms with van der Waals surface area (Å²) < 4.78 is 11.3. The molecule has 1 aliphatic heterocycles. The number of H-pyrrole nitrogens is 1. The Hall–Kier alpha value is -3.05. The van der Waals surface area contributed by atoms with Crippen LogP contribution in [0.3, 0.4) is 0 Å². The first-order valence-electron chi connectivity index (χ1n) is 9.60. The summed E-state index contributed by atoms with van der Waals surface area (Å²) in [5, 5.41) is 1.25. The number of aromatic nitrogens is 2. The number of ether oxygens (including phenoxy) is 1. The molecule has 5 heteroatoms. The molecule has 5 nitrogen and oxygen atoms in total. The zero-order chi connectivity index (χ0) is 19.1. The molecule has 0 bridgehead atoms. The summed E-state index contributed by atoms with van der Waals surface area (Å²) in [6.45, 7) is 3.71. The normalized spacial score (nSPS) is 17.0. The van der Waals surface area contributed by atoms with Gasteiger partial charge in [-0.1, -0.05) is 6.07 Å². The van der Waals surface area contributed by atoms with E-state index in [-0.39, 0.29) is 6.04 Å². The van der Waals surface area contributed by atoms with Crippen LogP contribution in [0, 0.1) is 6.92 Å². The van der Waals surface area contributed by atoms with E-state index in [4.69, 9.17) is 9.15 Å². The van der Waals surface area contributed by atoms with Crippen LogP contribution < -0.4 is 4.74 Å². The number of aryl methyl sites for hydroxylation is 1. The monoisotopic (exact) mass is 373 g/mol. The minimum atomic E-state index is 0.112. The lowest BCUT2D eigenvalue weighted by Crippen LogP contribution is -2.35. The van der Waals surface area contributed by atoms with Crippen LogP contribution in [0.5, 0.6) is 5.75 Å². The zero-order valence-corrected chi connectivity index (χ0v) is 16.1. The Kier molecular flexibility index (Phi) is 4.17. The van der Waals surface area contributed by atoms with Gasteiger partial charge < -0.3 is 14.1 Å². The van der Waals surface area contributed by atoms with Gasteiger partial charge in [0.25, 0.3) is 0 Å². The van der Waals surface area contributed by atoms with Gasteiger partial charge in [0.15, 0.2) is 0 Å². The van der Waals surface area contributed by atoms with Gasteiger partial charge in [0, 0.05) is 35.5 Å². The second-order valence-corrected chi connectivity index (χ2v) is 7.35. The van der Waals surface area contributed by atoms with Gasteiger partial charge in [0.05, 0.1) is 19.7 Å². The Morgan fingerprint density at radius 2 is 2.18 bits per heavy atom. The van der Waals surface area contributed by atoms with Gasteiger partial charge in [-0.05, 0) is 60.9 Å². The summed E-state index contributed by atoms with van der Waals surface area (Å²) in [6, 6.07) is 14.6. The van der Waals surface area contributed by atoms with E-state index in [2.05, 4.69) is 39.1 Å². The van der Waals surface area contributed by atoms with E-state index < -0.39 is 0 Å². The lowest BCUT2D eigenvalue weighted by molar-refractivity contribution is 0.185. The quantitative estimate of drug-likeness (QED) is 0.567. The van der Waals surface area contributed by atoms with Gasteiger partial charge in [0.1, 0.15) is 17.3 Å². The van der Waals surface area contributed by atoms with E-state index in [1.54, 1.807) is 7.11 Å². The Morgan fingerprint density at radius 1 is 1.25 bits per heavy atom. The second kappa shape index (κ2) is 6.84. The van der Waals surface area contributed by atoms with Crippen molar-refractivity contribution in [3.8, 4) is 5.75 Å². The average molecular weight is 373 g/mol. The summed E-state index contributed by atoms with van der Waals surface area (Å²) >= 11 is 0. The van der Waals surface area contributed by atoms with Crippen LogP contribution in [0.2, 0.25) is 0 Å². The first-order valence-corrected chi connectivity index (χ1v) is 9.60. The largest absolute Gasteiger partial charge is 0.497 e. The summed E-state index contributed by atoms with van der Waals surface area (Å²) in [6.07, 6.45) is 4.77. The molecule has 3 aromatic heterocycles. The highest BCUT2D eigenvalue weighted by molar-refractivity contribution is 5.86. The average Bonchev–Trinajstić information content (AvgIpc) is 3.30. The summed E-state index contributed by atoms with van der Waals surface area (Å²) in [5.74, 6) is 2.83. The van der Waals surface area contributed by atoms with E-state index in [1.807, 2.05) is 37.5 Å². The van der Waals surface area contributed by atoms with Crippen molar-refractivity contribution >= 4 is 10.9 Å². The zero-order valence-electron chi connectivity index (χ0n) is 16.1. The van der Waals surface area contributed by atoms with Crippen molar-refractivity contribution in [2.45, 2.75) is 25.9 Å². The number of fused-ring (bicyclic) bond motifs is 3. The lowest BCUT2D eigenvalue weighted by atomic mass is 9.93. The van der Waals surface area contributed by atoms with Crippen LogP contribution in [-0.4, -0.2) is 28.5 Å². The molecule has 142 valence electrons. The summed E-state index contributed by atoms with van der Waals surface area (Å²) in [5.41, 5.74) is 4.95. The minimum Gasteiger partial charge on any atom is -0.497 e. The number of aromatic amines is 1. The maximum Gasteiger partial charge on any atom is 0.119 e. The molecule has 1 aromatic carbocycles. The van der Waals surface area contributed by atoms with Gasteiger partial charge in [-0.3, -0.25) is 9.88 Å². The standard InChI is InChI=1S/C23H23N3O2/c1-15-5-6-18(28-15)14-26-11-9-19-20-12-17(27-2)7-8-21(20)25-22(19)23(26)16-4-3-10-24-13-16/h3-8,10,12-13,23,25H,9,11,14H2,1-2H3. The number of benzene rings is 1. The summed E-state index contributed by atoms with van der Waals surface area (Å²) in [7, 11) is 1.71. The Labute approximate surface area is 164 Å². The van der Waals surface area contributed by atoms with Crippen molar-refractivity contribution < 1.29 is 9.15 Å². The van der Waals surface area contributed by atoms with E-state index in [9.17, 15) is 0 Å². The predicted molar refractivity (Wildman–Crippen MR) is 108 cm³/mol. The molecule has 0 aliphatic carbocycles. The third-order valence-electron chi connectivity index (χ3n) is 5.59. The maximum atomic E-state index is 5.86. The second-order valence-electron chi connectivity index (χ2n) is 7.35. The van der Waals surface area contributed by atoms with Crippen LogP contribution in [0.4, 0.5) is 0 Å². The van der Waals surface area contributed by atoms with Gasteiger partial charge in [-0.15, -0.1) is 0 Å². The lowest BCUT2D eigenvalue weighted by Gasteiger charge is -2.35. The highest BCUT2D eigenvalue weighted by Crippen LogP contribution is 2.39. The van der Waals surface area contributed by atoms with Crippen LogP contribution in [0.15, 0.2) is 59.3 Å². The molecule has 4 aromatic rings. The highest BCUT2D eigenvalue weighted by Gasteiger charge is 2.32. The van der Waals surface area contributed by atoms with Crippen LogP contribution >= 0.6 is 0 Å². The fourth-order valence-electron chi connectivity index (χ4n) is 4.30. The minimum absolute atomic E-state index is 0.112. The molecular formula is C23H23N3O2. The Balaban J connectivity index is 1.62. The fourth-order valence-corrected chi connectivity index (χ4v) is 4.30. The van der Waals surface area contributed by atoms with Crippen molar-refractivity contribution in [2.75, 3.05) is 13.7 Å². The molecule has 0 fully saturated rings. The SMILES string of the molecule is COc1ccc2[nH]c3c(c2c1)CCN(Cc1ccc(C)o1)C3c1cccnc1. The Morgan fingerprint density at radius 3 is 2.93 bits per heavy atom. The van der Waals surface area contributed by atoms with Crippen LogP contribution in [-0.2, 0) is 13.0 Å². The molecule has 0 radical (unpaired) electrons. The van der Waals surface area contributed by atoms with Crippen LogP contribution in [0.1, 0.15) is 34.4 Å². The molecule has 0 saturated heterocycles. The first kappa shape index (κ1) is 17.1. The molecular weight excluding hydrogens is 350 g/mol. The highest BCUT2D eigenvalue weighted by atomic mass is 16.5. The molecule has 0 spiro atoms. The number of pyridine rings is 1. The van der Waals surface area contributed by atoms with Crippen molar-refractivity contribution in [1.29, 1.82) is 0 Å². The van der Waals surface area contributed by atoms with Gasteiger partial charge in [0.2, 0.25) is 0 Å². The number of rotatable bonds is 4. The van der Waals surface area contributed by atoms with Crippen molar-refractivity contribution in [3.05, 3.63) is 83.2 Å². The van der Waals surface area contributed by atoms with Crippen molar-refractivity contribution in [3.63, 3.8) is 0 Å². The molecule has 1 atom stereocenters. The molecule has 1 N–H and O–H groups in total. The van der Waals surface area contributed by atoms with Gasteiger partial charge in [-0.25, -0.2) is 0 Å². The molecule has 0 amide bonds. The van der Waals surface area contributed by atoms with E-state index in [0.717, 1.165) is 42.3 Å². The van der Waals surface area contributed by atoms with Gasteiger partial charge in [-0.2, -0.15) is 0 Å². The number of nitrogens with one attached hydrogen (secondary N) is 1. The number of methoxy groups -OCH3 is 1. The maximum absolute atomic E-state index is 5.86. The number of hydrogen-bond donors (Lipinski definition) is 1. The first-order chi connectivity index (χ1) is 13.7. The number of furan rings is 1. The smallest absolute Gasteiger partial charge is 0.119 e. The topological polar surface area (TPSA) is 54.3 Å². The Bertz CT molecular complexity index is 1110. The van der Waals surface area contributed by atoms with Gasteiger partial charge >= 0.3 is 0 Å². The molecule has 0 saturated carbocycles. The van der Waals surface area contributed by atoms with Crippen LogP contribution in [0.25, 0.3) is 10.9 Å². The van der Waals surface area contributed by atoms with Crippen molar-refractivity contribution in [2.24, 2.45) is 0 Å². The van der Waals surface area contributed by atoms with E-state index >= 15 is 0 Å². The number of nitrogens with zero attached hydrogens (tertiary/aromatic N) is 2. The third kappa shape index (κ3) is 2.88. The molecule has 1 aliphatic rings. The van der Waals surface area contributed by atoms with E-state index in [0.29, 0.717) is 0 Å². The van der Waals surface area contributed by atoms with E-state index in [1.165, 1.54) is 22.2 Å². The molecule has 1 unspecified atom stereocenters. The third-order valence-corrected chi connectivity index (χ3v) is 5.59. The molecule has 4 heterocycles. The fraction of sp³-hybridized carbons (Fsp3) is 0.261. The molecule has 5 rings (SSSR count). The van der Waals surface area contributed by atoms with Crippen molar-refractivity contribution in [1.82, 2.24) is 14.9 Å². The number of hydrogen-bond acceptors (Lipinski definition) is 4. The molecule has 28 heavy (non-hydrogen) atoms. The summed E-state index contributed by atoms with van der Waals surface area (Å²) in [4.78, 5) is 10.5.